The summed E-state index contributed by atoms with van der Waals surface area (Å²) in [7, 11) is 1.82. The monoisotopic (exact) mass is 278 g/mol. The first kappa shape index (κ1) is 14.0. The Morgan fingerprint density at radius 2 is 1.89 bits per heavy atom. The summed E-state index contributed by atoms with van der Waals surface area (Å²) in [5.74, 6) is -0.134. The van der Waals surface area contributed by atoms with Crippen LogP contribution in [0.15, 0.2) is 42.7 Å². The lowest BCUT2D eigenvalue weighted by molar-refractivity contribution is 0.478. The van der Waals surface area contributed by atoms with Crippen molar-refractivity contribution >= 4 is 11.6 Å². The maximum absolute atomic E-state index is 14.0. The fraction of sp³-hybridized carbons (Fsp3) is 0.267. The van der Waals surface area contributed by atoms with Crippen molar-refractivity contribution in [2.24, 2.45) is 0 Å². The van der Waals surface area contributed by atoms with E-state index in [0.717, 1.165) is 5.56 Å². The van der Waals surface area contributed by atoms with Crippen molar-refractivity contribution in [3.8, 4) is 0 Å². The Morgan fingerprint density at radius 3 is 2.53 bits per heavy atom. The van der Waals surface area contributed by atoms with Crippen LogP contribution in [0, 0.1) is 5.82 Å². The van der Waals surface area contributed by atoms with Gasteiger partial charge in [0.05, 0.1) is 0 Å². The Bertz CT molecular complexity index is 545. The molecule has 19 heavy (non-hydrogen) atoms. The third-order valence-corrected chi connectivity index (χ3v) is 3.57. The minimum atomic E-state index is -0.246. The maximum atomic E-state index is 14.0. The summed E-state index contributed by atoms with van der Waals surface area (Å²) < 4.78 is 14.0. The van der Waals surface area contributed by atoms with E-state index in [1.54, 1.807) is 24.5 Å². The SMILES string of the molecule is CNC(c1cc(Cl)ccc1F)C(C)c1ccncc1. The molecule has 0 saturated heterocycles. The van der Waals surface area contributed by atoms with Crippen molar-refractivity contribution in [2.45, 2.75) is 18.9 Å². The summed E-state index contributed by atoms with van der Waals surface area (Å²) >= 11 is 5.96. The van der Waals surface area contributed by atoms with Gasteiger partial charge in [-0.2, -0.15) is 0 Å². The maximum Gasteiger partial charge on any atom is 0.128 e. The molecule has 0 saturated carbocycles. The zero-order chi connectivity index (χ0) is 13.8. The van der Waals surface area contributed by atoms with Gasteiger partial charge in [0.1, 0.15) is 5.82 Å². The molecule has 1 aromatic heterocycles. The highest BCUT2D eigenvalue weighted by molar-refractivity contribution is 6.30. The molecule has 0 bridgehead atoms. The number of hydrogen-bond donors (Lipinski definition) is 1. The molecule has 0 radical (unpaired) electrons. The van der Waals surface area contributed by atoms with Gasteiger partial charge in [0.15, 0.2) is 0 Å². The largest absolute Gasteiger partial charge is 0.312 e. The average molecular weight is 279 g/mol. The minimum absolute atomic E-state index is 0.112. The molecular formula is C15H16ClFN2. The molecule has 1 N–H and O–H groups in total. The van der Waals surface area contributed by atoms with Crippen molar-refractivity contribution in [3.05, 3.63) is 64.7 Å². The van der Waals surface area contributed by atoms with Crippen molar-refractivity contribution in [2.75, 3.05) is 7.05 Å². The highest BCUT2D eigenvalue weighted by atomic mass is 35.5. The van der Waals surface area contributed by atoms with Gasteiger partial charge in [0.2, 0.25) is 0 Å². The summed E-state index contributed by atoms with van der Waals surface area (Å²) in [4.78, 5) is 4.00. The number of halogens is 2. The number of rotatable bonds is 4. The fourth-order valence-corrected chi connectivity index (χ4v) is 2.47. The number of benzene rings is 1. The summed E-state index contributed by atoms with van der Waals surface area (Å²) in [5, 5.41) is 3.71. The van der Waals surface area contributed by atoms with E-state index in [0.29, 0.717) is 10.6 Å². The summed E-state index contributed by atoms with van der Waals surface area (Å²) in [6, 6.07) is 8.39. The van der Waals surface area contributed by atoms with E-state index in [2.05, 4.69) is 17.2 Å². The number of likely N-dealkylation sites (N-methyl/N-ethyl adjacent to an activating group) is 1. The van der Waals surface area contributed by atoms with Gasteiger partial charge in [-0.3, -0.25) is 4.98 Å². The Labute approximate surface area is 117 Å². The number of nitrogens with zero attached hydrogens (tertiary/aromatic N) is 1. The fourth-order valence-electron chi connectivity index (χ4n) is 2.29. The quantitative estimate of drug-likeness (QED) is 0.916. The van der Waals surface area contributed by atoms with Gasteiger partial charge in [0.25, 0.3) is 0 Å². The average Bonchev–Trinajstić information content (AvgIpc) is 2.44. The molecular weight excluding hydrogens is 263 g/mol. The Morgan fingerprint density at radius 1 is 1.21 bits per heavy atom. The van der Waals surface area contributed by atoms with Crippen molar-refractivity contribution in [1.82, 2.24) is 10.3 Å². The smallest absolute Gasteiger partial charge is 0.128 e. The van der Waals surface area contributed by atoms with Gasteiger partial charge >= 0.3 is 0 Å². The van der Waals surface area contributed by atoms with E-state index in [1.807, 2.05) is 19.2 Å². The van der Waals surface area contributed by atoms with Crippen LogP contribution in [0.5, 0.6) is 0 Å². The molecule has 0 fully saturated rings. The van der Waals surface area contributed by atoms with Gasteiger partial charge in [-0.25, -0.2) is 4.39 Å². The van der Waals surface area contributed by atoms with Crippen LogP contribution in [0.25, 0.3) is 0 Å². The first-order valence-corrected chi connectivity index (χ1v) is 6.53. The van der Waals surface area contributed by atoms with Gasteiger partial charge in [-0.1, -0.05) is 18.5 Å². The van der Waals surface area contributed by atoms with E-state index in [4.69, 9.17) is 11.6 Å². The molecule has 1 aromatic carbocycles. The predicted molar refractivity (Wildman–Crippen MR) is 75.9 cm³/mol. The molecule has 100 valence electrons. The van der Waals surface area contributed by atoms with E-state index in [9.17, 15) is 4.39 Å². The number of nitrogens with one attached hydrogen (secondary N) is 1. The minimum Gasteiger partial charge on any atom is -0.312 e. The van der Waals surface area contributed by atoms with Crippen molar-refractivity contribution in [1.29, 1.82) is 0 Å². The molecule has 0 spiro atoms. The number of pyridine rings is 1. The molecule has 0 amide bonds. The van der Waals surface area contributed by atoms with Crippen LogP contribution in [0.1, 0.15) is 30.0 Å². The van der Waals surface area contributed by atoms with Crippen molar-refractivity contribution < 1.29 is 4.39 Å². The standard InChI is InChI=1S/C15H16ClFN2/c1-10(11-5-7-19-8-6-11)15(18-2)13-9-12(16)3-4-14(13)17/h3-10,15,18H,1-2H3. The van der Waals surface area contributed by atoms with Gasteiger partial charge in [-0.05, 0) is 42.9 Å². The molecule has 0 aliphatic carbocycles. The van der Waals surface area contributed by atoms with Gasteiger partial charge < -0.3 is 5.32 Å². The molecule has 0 aliphatic heterocycles. The Kier molecular flexibility index (Phi) is 4.51. The second-order valence-corrected chi connectivity index (χ2v) is 4.94. The molecule has 2 aromatic rings. The van der Waals surface area contributed by atoms with Crippen LogP contribution in [-0.2, 0) is 0 Å². The molecule has 0 aliphatic rings. The van der Waals surface area contributed by atoms with Gasteiger partial charge in [0, 0.05) is 34.9 Å². The van der Waals surface area contributed by atoms with Crippen LogP contribution >= 0.6 is 11.6 Å². The van der Waals surface area contributed by atoms with Crippen LogP contribution < -0.4 is 5.32 Å². The first-order chi connectivity index (χ1) is 9.13. The summed E-state index contributed by atoms with van der Waals surface area (Å²) in [6.45, 7) is 2.05. The topological polar surface area (TPSA) is 24.9 Å². The Balaban J connectivity index is 2.37. The molecule has 2 unspecified atom stereocenters. The molecule has 4 heteroatoms. The zero-order valence-corrected chi connectivity index (χ0v) is 11.7. The van der Waals surface area contributed by atoms with E-state index >= 15 is 0 Å². The number of aromatic nitrogens is 1. The summed E-state index contributed by atoms with van der Waals surface area (Å²) in [6.07, 6.45) is 3.49. The Hall–Kier alpha value is -1.45. The molecule has 2 rings (SSSR count). The zero-order valence-electron chi connectivity index (χ0n) is 10.9. The molecule has 1 heterocycles. The third-order valence-electron chi connectivity index (χ3n) is 3.34. The molecule has 2 nitrogen and oxygen atoms in total. The van der Waals surface area contributed by atoms with Crippen LogP contribution in [0.3, 0.4) is 0 Å². The van der Waals surface area contributed by atoms with Crippen LogP contribution in [-0.4, -0.2) is 12.0 Å². The second-order valence-electron chi connectivity index (χ2n) is 4.50. The van der Waals surface area contributed by atoms with Gasteiger partial charge in [-0.15, -0.1) is 0 Å². The first-order valence-electron chi connectivity index (χ1n) is 6.15. The summed E-state index contributed by atoms with van der Waals surface area (Å²) in [5.41, 5.74) is 1.69. The molecule has 2 atom stereocenters. The lowest BCUT2D eigenvalue weighted by Crippen LogP contribution is -2.23. The number of hydrogen-bond acceptors (Lipinski definition) is 2. The highest BCUT2D eigenvalue weighted by Crippen LogP contribution is 2.32. The van der Waals surface area contributed by atoms with Crippen LogP contribution in [0.4, 0.5) is 4.39 Å². The lowest BCUT2D eigenvalue weighted by atomic mass is 9.89. The van der Waals surface area contributed by atoms with Crippen molar-refractivity contribution in [3.63, 3.8) is 0 Å². The lowest BCUT2D eigenvalue weighted by Gasteiger charge is -2.25. The van der Waals surface area contributed by atoms with E-state index in [1.165, 1.54) is 6.07 Å². The second kappa shape index (κ2) is 6.13. The van der Waals surface area contributed by atoms with E-state index < -0.39 is 0 Å². The van der Waals surface area contributed by atoms with Crippen LogP contribution in [0.2, 0.25) is 5.02 Å². The predicted octanol–water partition coefficient (Wildman–Crippen LogP) is 3.94. The normalized spacial score (nSPS) is 14.1. The third kappa shape index (κ3) is 3.11. The van der Waals surface area contributed by atoms with E-state index in [-0.39, 0.29) is 17.8 Å². The highest BCUT2D eigenvalue weighted by Gasteiger charge is 2.22.